The second-order valence-electron chi connectivity index (χ2n) is 3.48. The third kappa shape index (κ3) is 2.68. The molecule has 0 aliphatic rings. The quantitative estimate of drug-likeness (QED) is 0.581. The zero-order chi connectivity index (χ0) is 12.1. The number of aromatic nitrogens is 1. The highest BCUT2D eigenvalue weighted by Gasteiger charge is 2.05. The van der Waals surface area contributed by atoms with E-state index in [1.807, 2.05) is 50.4 Å². The summed E-state index contributed by atoms with van der Waals surface area (Å²) in [5, 5.41) is 1.01. The van der Waals surface area contributed by atoms with Crippen molar-refractivity contribution in [3.05, 3.63) is 47.6 Å². The summed E-state index contributed by atoms with van der Waals surface area (Å²) in [7, 11) is 0. The van der Waals surface area contributed by atoms with E-state index < -0.39 is 0 Å². The van der Waals surface area contributed by atoms with E-state index in [0.717, 1.165) is 16.1 Å². The molecule has 0 unspecified atom stereocenters. The highest BCUT2D eigenvalue weighted by atomic mass is 32.1. The van der Waals surface area contributed by atoms with Gasteiger partial charge in [-0.3, -0.25) is 4.99 Å². The molecule has 0 saturated heterocycles. The summed E-state index contributed by atoms with van der Waals surface area (Å²) in [4.78, 5) is 8.78. The Kier molecular flexibility index (Phi) is 3.83. The minimum Gasteiger partial charge on any atom is -0.269 e. The number of rotatable bonds is 3. The predicted octanol–water partition coefficient (Wildman–Crippen LogP) is 4.30. The van der Waals surface area contributed by atoms with E-state index in [4.69, 9.17) is 0 Å². The van der Waals surface area contributed by atoms with Crippen LogP contribution in [0, 0.1) is 0 Å². The molecule has 1 aromatic heterocycles. The van der Waals surface area contributed by atoms with Gasteiger partial charge in [0.2, 0.25) is 0 Å². The Labute approximate surface area is 105 Å². The molecule has 2 nitrogen and oxygen atoms in total. The lowest BCUT2D eigenvalue weighted by molar-refractivity contribution is 1.42. The van der Waals surface area contributed by atoms with Crippen molar-refractivity contribution in [3.8, 4) is 0 Å². The minimum absolute atomic E-state index is 1.01. The van der Waals surface area contributed by atoms with Gasteiger partial charge in [0.05, 0.1) is 10.2 Å². The monoisotopic (exact) mass is 242 g/mol. The molecule has 17 heavy (non-hydrogen) atoms. The number of para-hydroxylation sites is 1. The number of hydrogen-bond donors (Lipinski definition) is 0. The zero-order valence-electron chi connectivity index (χ0n) is 9.92. The molecule has 0 aliphatic heterocycles. The predicted molar refractivity (Wildman–Crippen MR) is 76.6 cm³/mol. The molecule has 3 heteroatoms. The summed E-state index contributed by atoms with van der Waals surface area (Å²) in [5.74, 6) is 0. The van der Waals surface area contributed by atoms with Crippen molar-refractivity contribution in [1.82, 2.24) is 4.98 Å². The molecule has 0 saturated carbocycles. The molecule has 0 spiro atoms. The van der Waals surface area contributed by atoms with Crippen LogP contribution in [0.3, 0.4) is 0 Å². The van der Waals surface area contributed by atoms with Crippen LogP contribution in [-0.4, -0.2) is 11.2 Å². The Morgan fingerprint density at radius 2 is 2.12 bits per heavy atom. The number of fused-ring (bicyclic) bond motifs is 1. The fourth-order valence-electron chi connectivity index (χ4n) is 1.50. The molecule has 0 bridgehead atoms. The van der Waals surface area contributed by atoms with E-state index in [9.17, 15) is 0 Å². The topological polar surface area (TPSA) is 25.2 Å². The molecule has 2 aromatic rings. The lowest BCUT2D eigenvalue weighted by Gasteiger charge is -1.93. The van der Waals surface area contributed by atoms with E-state index in [1.165, 1.54) is 4.70 Å². The highest BCUT2D eigenvalue weighted by molar-refractivity contribution is 7.19. The molecular weight excluding hydrogens is 228 g/mol. The SMILES string of the molecule is CC=N/C=C(\C=C/C)c1nc2ccccc2s1. The van der Waals surface area contributed by atoms with Crippen LogP contribution >= 0.6 is 11.3 Å². The normalized spacial score (nSPS) is 13.2. The Hall–Kier alpha value is -1.74. The summed E-state index contributed by atoms with van der Waals surface area (Å²) in [5.41, 5.74) is 2.09. The fourth-order valence-corrected chi connectivity index (χ4v) is 2.46. The van der Waals surface area contributed by atoms with Crippen molar-refractivity contribution in [2.75, 3.05) is 0 Å². The molecule has 0 N–H and O–H groups in total. The number of aliphatic imine (C=N–C) groups is 1. The maximum absolute atomic E-state index is 4.61. The fraction of sp³-hybridized carbons (Fsp3) is 0.143. The third-order valence-electron chi connectivity index (χ3n) is 2.25. The van der Waals surface area contributed by atoms with Crippen LogP contribution in [0.25, 0.3) is 15.8 Å². The van der Waals surface area contributed by atoms with E-state index in [0.29, 0.717) is 0 Å². The first kappa shape index (κ1) is 11.7. The van der Waals surface area contributed by atoms with Gasteiger partial charge in [0.15, 0.2) is 0 Å². The minimum atomic E-state index is 1.01. The second kappa shape index (κ2) is 5.55. The molecular formula is C14H14N2S. The van der Waals surface area contributed by atoms with Gasteiger partial charge in [-0.2, -0.15) is 0 Å². The van der Waals surface area contributed by atoms with E-state index in [-0.39, 0.29) is 0 Å². The van der Waals surface area contributed by atoms with Crippen molar-refractivity contribution in [2.24, 2.45) is 4.99 Å². The molecule has 1 aromatic carbocycles. The smallest absolute Gasteiger partial charge is 0.126 e. The standard InChI is InChI=1S/C14H14N2S/c1-3-7-11(10-15-4-2)14-16-12-8-5-6-9-13(12)17-14/h3-10H,1-2H3/b7-3-,11-10+,15-4?. The van der Waals surface area contributed by atoms with Crippen molar-refractivity contribution in [3.63, 3.8) is 0 Å². The number of nitrogens with zero attached hydrogens (tertiary/aromatic N) is 2. The van der Waals surface area contributed by atoms with E-state index >= 15 is 0 Å². The maximum atomic E-state index is 4.61. The van der Waals surface area contributed by atoms with Gasteiger partial charge < -0.3 is 0 Å². The van der Waals surface area contributed by atoms with Gasteiger partial charge >= 0.3 is 0 Å². The van der Waals surface area contributed by atoms with Crippen LogP contribution in [0.4, 0.5) is 0 Å². The summed E-state index contributed by atoms with van der Waals surface area (Å²) in [6.07, 6.45) is 7.66. The molecule has 0 radical (unpaired) electrons. The van der Waals surface area contributed by atoms with Gasteiger partial charge in [0, 0.05) is 18.0 Å². The molecule has 2 rings (SSSR count). The van der Waals surface area contributed by atoms with Gasteiger partial charge in [0.25, 0.3) is 0 Å². The largest absolute Gasteiger partial charge is 0.269 e. The number of allylic oxidation sites excluding steroid dienone is 3. The molecule has 0 amide bonds. The van der Waals surface area contributed by atoms with Crippen molar-refractivity contribution in [2.45, 2.75) is 13.8 Å². The Balaban J connectivity index is 2.49. The summed E-state index contributed by atoms with van der Waals surface area (Å²) in [6, 6.07) is 8.17. The summed E-state index contributed by atoms with van der Waals surface area (Å²) < 4.78 is 1.21. The Morgan fingerprint density at radius 3 is 2.82 bits per heavy atom. The first-order valence-corrected chi connectivity index (χ1v) is 6.33. The van der Waals surface area contributed by atoms with E-state index in [1.54, 1.807) is 17.6 Å². The van der Waals surface area contributed by atoms with Crippen LogP contribution in [0.5, 0.6) is 0 Å². The highest BCUT2D eigenvalue weighted by Crippen LogP contribution is 2.27. The summed E-state index contributed by atoms with van der Waals surface area (Å²) in [6.45, 7) is 3.90. The maximum Gasteiger partial charge on any atom is 0.126 e. The lowest BCUT2D eigenvalue weighted by atomic mass is 10.3. The Bertz CT molecular complexity index is 558. The summed E-state index contributed by atoms with van der Waals surface area (Å²) >= 11 is 1.69. The van der Waals surface area contributed by atoms with Crippen LogP contribution in [0.15, 0.2) is 47.6 Å². The number of benzene rings is 1. The van der Waals surface area contributed by atoms with Gasteiger partial charge in [-0.15, -0.1) is 11.3 Å². The van der Waals surface area contributed by atoms with Crippen LogP contribution < -0.4 is 0 Å². The number of hydrogen-bond acceptors (Lipinski definition) is 3. The molecule has 86 valence electrons. The second-order valence-corrected chi connectivity index (χ2v) is 4.51. The van der Waals surface area contributed by atoms with Crippen molar-refractivity contribution in [1.29, 1.82) is 0 Å². The van der Waals surface area contributed by atoms with Gasteiger partial charge in [-0.25, -0.2) is 4.98 Å². The molecule has 0 aliphatic carbocycles. The molecule has 0 atom stereocenters. The number of thiazole rings is 1. The van der Waals surface area contributed by atoms with Gasteiger partial charge in [-0.1, -0.05) is 24.3 Å². The van der Waals surface area contributed by atoms with Crippen LogP contribution in [-0.2, 0) is 0 Å². The lowest BCUT2D eigenvalue weighted by Crippen LogP contribution is -1.78. The van der Waals surface area contributed by atoms with Crippen LogP contribution in [0.1, 0.15) is 18.9 Å². The Morgan fingerprint density at radius 1 is 1.29 bits per heavy atom. The van der Waals surface area contributed by atoms with Gasteiger partial charge in [-0.05, 0) is 26.0 Å². The van der Waals surface area contributed by atoms with Crippen molar-refractivity contribution >= 4 is 33.3 Å². The van der Waals surface area contributed by atoms with Crippen LogP contribution in [0.2, 0.25) is 0 Å². The first-order valence-electron chi connectivity index (χ1n) is 5.51. The molecule has 1 heterocycles. The van der Waals surface area contributed by atoms with E-state index in [2.05, 4.69) is 16.0 Å². The average Bonchev–Trinajstić information content (AvgIpc) is 2.78. The van der Waals surface area contributed by atoms with Crippen molar-refractivity contribution < 1.29 is 0 Å². The third-order valence-corrected chi connectivity index (χ3v) is 3.34. The zero-order valence-corrected chi connectivity index (χ0v) is 10.7. The molecule has 0 fully saturated rings. The first-order chi connectivity index (χ1) is 8.35. The average molecular weight is 242 g/mol. The van der Waals surface area contributed by atoms with Gasteiger partial charge in [0.1, 0.15) is 5.01 Å².